The third-order valence-corrected chi connectivity index (χ3v) is 8.19. The summed E-state index contributed by atoms with van der Waals surface area (Å²) in [6.07, 6.45) is 2.51. The summed E-state index contributed by atoms with van der Waals surface area (Å²) in [4.78, 5) is 23.6. The first-order chi connectivity index (χ1) is 17.8. The van der Waals surface area contributed by atoms with Crippen LogP contribution in [-0.4, -0.2) is 55.5 Å². The van der Waals surface area contributed by atoms with E-state index in [1.54, 1.807) is 43.6 Å². The summed E-state index contributed by atoms with van der Waals surface area (Å²) in [6.45, 7) is -0.176. The van der Waals surface area contributed by atoms with Crippen LogP contribution in [0.1, 0.15) is 26.8 Å². The fourth-order valence-corrected chi connectivity index (χ4v) is 6.28. The van der Waals surface area contributed by atoms with E-state index < -0.39 is 35.7 Å². The monoisotopic (exact) mass is 544 g/mol. The number of halogens is 3. The number of nitrogens with one attached hydrogen (secondary N) is 1. The minimum Gasteiger partial charge on any atom is -0.394 e. The summed E-state index contributed by atoms with van der Waals surface area (Å²) in [6, 6.07) is 7.71. The molecule has 0 radical (unpaired) electrons. The van der Waals surface area contributed by atoms with Gasteiger partial charge in [-0.1, -0.05) is 23.7 Å². The van der Waals surface area contributed by atoms with E-state index in [4.69, 9.17) is 16.3 Å². The number of hydrogen-bond donors (Lipinski definition) is 2. The average molecular weight is 545 g/mol. The second-order valence-electron chi connectivity index (χ2n) is 8.76. The van der Waals surface area contributed by atoms with Gasteiger partial charge in [-0.15, -0.1) is 11.3 Å². The number of amides is 1. The molecule has 6 rings (SSSR count). The van der Waals surface area contributed by atoms with Gasteiger partial charge in [-0.05, 0) is 17.7 Å². The molecule has 37 heavy (non-hydrogen) atoms. The summed E-state index contributed by atoms with van der Waals surface area (Å²) >= 11 is 7.10. The van der Waals surface area contributed by atoms with E-state index in [9.17, 15) is 14.3 Å². The molecule has 1 aromatic carbocycles. The highest BCUT2D eigenvalue weighted by atomic mass is 35.5. The Kier molecular flexibility index (Phi) is 5.71. The highest BCUT2D eigenvalue weighted by Crippen LogP contribution is 2.54. The number of carbonyl (C=O) groups is 1. The lowest BCUT2D eigenvalue weighted by Gasteiger charge is -2.48. The molecule has 0 saturated carbocycles. The lowest BCUT2D eigenvalue weighted by atomic mass is 9.92. The van der Waals surface area contributed by atoms with Crippen molar-refractivity contribution in [2.75, 3.05) is 25.1 Å². The minimum atomic E-state index is -0.995. The number of rotatable bonds is 6. The van der Waals surface area contributed by atoms with E-state index in [2.05, 4.69) is 20.4 Å². The van der Waals surface area contributed by atoms with Crippen LogP contribution in [0.4, 0.5) is 20.5 Å². The summed E-state index contributed by atoms with van der Waals surface area (Å²) in [5.41, 5.74) is -0.813. The fraction of sp³-hybridized carbons (Fsp3) is 0.250. The van der Waals surface area contributed by atoms with E-state index in [1.165, 1.54) is 9.58 Å². The van der Waals surface area contributed by atoms with Crippen molar-refractivity contribution in [1.29, 1.82) is 0 Å². The first kappa shape index (κ1) is 23.9. The van der Waals surface area contributed by atoms with Crippen molar-refractivity contribution in [2.24, 2.45) is 7.05 Å². The number of thiophene rings is 1. The van der Waals surface area contributed by atoms with Crippen LogP contribution in [0, 0.1) is 11.6 Å². The van der Waals surface area contributed by atoms with Crippen LogP contribution in [0.3, 0.4) is 0 Å². The van der Waals surface area contributed by atoms with E-state index in [1.807, 2.05) is 0 Å². The van der Waals surface area contributed by atoms with Crippen LogP contribution in [0.5, 0.6) is 0 Å². The van der Waals surface area contributed by atoms with Gasteiger partial charge >= 0.3 is 0 Å². The molecule has 1 amide bonds. The molecule has 9 nitrogen and oxygen atoms in total. The van der Waals surface area contributed by atoms with Gasteiger partial charge in [-0.3, -0.25) is 9.48 Å². The molecule has 1 saturated heterocycles. The molecule has 1 spiro atoms. The second-order valence-corrected chi connectivity index (χ2v) is 10.2. The highest BCUT2D eigenvalue weighted by Gasteiger charge is 2.60. The number of aliphatic hydroxyl groups is 1. The Hall–Kier alpha value is -3.45. The molecule has 2 aliphatic heterocycles. The average Bonchev–Trinajstić information content (AvgIpc) is 3.49. The van der Waals surface area contributed by atoms with Crippen molar-refractivity contribution < 1.29 is 23.4 Å². The van der Waals surface area contributed by atoms with Gasteiger partial charge in [-0.2, -0.15) is 5.10 Å². The minimum absolute atomic E-state index is 0.0453. The maximum absolute atomic E-state index is 15.9. The van der Waals surface area contributed by atoms with Crippen molar-refractivity contribution in [1.82, 2.24) is 24.6 Å². The number of fused-ring (bicyclic) bond motifs is 2. The molecule has 3 aromatic heterocycles. The Labute approximate surface area is 218 Å². The molecular weight excluding hydrogens is 526 g/mol. The van der Waals surface area contributed by atoms with Crippen LogP contribution in [0.2, 0.25) is 5.02 Å². The van der Waals surface area contributed by atoms with Gasteiger partial charge in [0.25, 0.3) is 5.91 Å². The zero-order valence-electron chi connectivity index (χ0n) is 19.3. The van der Waals surface area contributed by atoms with Crippen LogP contribution >= 0.6 is 22.9 Å². The third-order valence-electron chi connectivity index (χ3n) is 6.59. The Morgan fingerprint density at radius 2 is 2.14 bits per heavy atom. The first-order valence-corrected chi connectivity index (χ1v) is 12.4. The number of benzene rings is 1. The lowest BCUT2D eigenvalue weighted by molar-refractivity contribution is -0.139. The predicted molar refractivity (Wildman–Crippen MR) is 132 cm³/mol. The molecule has 0 unspecified atom stereocenters. The summed E-state index contributed by atoms with van der Waals surface area (Å²) in [5.74, 6) is -1.71. The van der Waals surface area contributed by atoms with Gasteiger partial charge in [0.05, 0.1) is 53.6 Å². The number of hydrogen-bond acceptors (Lipinski definition) is 8. The summed E-state index contributed by atoms with van der Waals surface area (Å²) in [5, 5.41) is 17.7. The number of aliphatic hydroxyl groups excluding tert-OH is 1. The van der Waals surface area contributed by atoms with Crippen molar-refractivity contribution in [3.05, 3.63) is 75.4 Å². The number of anilines is 2. The van der Waals surface area contributed by atoms with E-state index in [0.29, 0.717) is 21.3 Å². The molecule has 4 aromatic rings. The van der Waals surface area contributed by atoms with Crippen molar-refractivity contribution in [2.45, 2.75) is 11.6 Å². The molecule has 13 heteroatoms. The maximum Gasteiger partial charge on any atom is 0.259 e. The third kappa shape index (κ3) is 3.62. The topological polar surface area (TPSA) is 105 Å². The fourth-order valence-electron chi connectivity index (χ4n) is 4.76. The molecule has 2 aliphatic rings. The van der Waals surface area contributed by atoms with E-state index >= 15 is 4.39 Å². The van der Waals surface area contributed by atoms with Gasteiger partial charge in [0, 0.05) is 18.1 Å². The summed E-state index contributed by atoms with van der Waals surface area (Å²) < 4.78 is 37.8. The van der Waals surface area contributed by atoms with Crippen LogP contribution < -0.4 is 5.32 Å². The first-order valence-electron chi connectivity index (χ1n) is 11.2. The van der Waals surface area contributed by atoms with Crippen LogP contribution in [0.15, 0.2) is 42.7 Å². The van der Waals surface area contributed by atoms with Gasteiger partial charge in [0.2, 0.25) is 5.95 Å². The standard InChI is InChI=1S/C24H19ClF2N6O3S/c1-32-16(5-6-29-32)30-23-28-8-14(26)19(31-23)20-18(27)17-21(37-20)24(10-36-11-24)33(22(17)35)15(9-34)12-3-2-4-13(25)7-12/h2-8,15,34H,9-11H2,1H3,(H,28,30,31)/t15-/m1/s1. The Bertz CT molecular complexity index is 1540. The quantitative estimate of drug-likeness (QED) is 0.377. The van der Waals surface area contributed by atoms with Crippen molar-refractivity contribution in [3.63, 3.8) is 0 Å². The van der Waals surface area contributed by atoms with E-state index in [-0.39, 0.29) is 35.3 Å². The van der Waals surface area contributed by atoms with Gasteiger partial charge in [0.1, 0.15) is 17.1 Å². The Morgan fingerprint density at radius 3 is 2.78 bits per heavy atom. The van der Waals surface area contributed by atoms with Gasteiger partial charge in [0.15, 0.2) is 11.6 Å². The zero-order valence-corrected chi connectivity index (χ0v) is 20.9. The van der Waals surface area contributed by atoms with Gasteiger partial charge in [-0.25, -0.2) is 18.7 Å². The molecule has 1 fully saturated rings. The van der Waals surface area contributed by atoms with Crippen molar-refractivity contribution >= 4 is 40.6 Å². The Morgan fingerprint density at radius 1 is 1.32 bits per heavy atom. The number of aromatic nitrogens is 4. The number of carbonyl (C=O) groups excluding carboxylic acids is 1. The molecule has 0 aliphatic carbocycles. The number of ether oxygens (including phenoxy) is 1. The number of nitrogens with zero attached hydrogens (tertiary/aromatic N) is 5. The molecule has 5 heterocycles. The largest absolute Gasteiger partial charge is 0.394 e. The normalized spacial score (nSPS) is 16.7. The predicted octanol–water partition coefficient (Wildman–Crippen LogP) is 4.03. The molecule has 0 bridgehead atoms. The van der Waals surface area contributed by atoms with Gasteiger partial charge < -0.3 is 20.1 Å². The molecule has 1 atom stereocenters. The summed E-state index contributed by atoms with van der Waals surface area (Å²) in [7, 11) is 1.71. The Balaban J connectivity index is 1.42. The van der Waals surface area contributed by atoms with Crippen molar-refractivity contribution in [3.8, 4) is 10.6 Å². The SMILES string of the molecule is Cn1nccc1Nc1ncc(F)c(-c2sc3c(c2F)C(=O)N([C@H](CO)c2cccc(Cl)c2)C32COC2)n1. The maximum atomic E-state index is 15.9. The number of aryl methyl sites for hydroxylation is 1. The molecule has 190 valence electrons. The van der Waals surface area contributed by atoms with Crippen LogP contribution in [-0.2, 0) is 17.3 Å². The van der Waals surface area contributed by atoms with Crippen LogP contribution in [0.25, 0.3) is 10.6 Å². The van der Waals surface area contributed by atoms with E-state index in [0.717, 1.165) is 17.5 Å². The molecule has 2 N–H and O–H groups in total. The zero-order chi connectivity index (χ0) is 25.9. The smallest absolute Gasteiger partial charge is 0.259 e. The second kappa shape index (κ2) is 8.84. The molecular formula is C24H19ClF2N6O3S. The highest BCUT2D eigenvalue weighted by molar-refractivity contribution is 7.16. The lowest BCUT2D eigenvalue weighted by Crippen LogP contribution is -2.58.